The van der Waals surface area contributed by atoms with Crippen LogP contribution in [-0.2, 0) is 16.0 Å². The summed E-state index contributed by atoms with van der Waals surface area (Å²) in [5.41, 5.74) is 11.6. The Labute approximate surface area is 123 Å². The van der Waals surface area contributed by atoms with Crippen LogP contribution >= 0.6 is 0 Å². The number of amides is 2. The van der Waals surface area contributed by atoms with Gasteiger partial charge in [0.2, 0.25) is 11.8 Å². The second kappa shape index (κ2) is 6.94. The van der Waals surface area contributed by atoms with Crippen LogP contribution in [0.2, 0.25) is 0 Å². The standard InChI is InChI=1S/C14H21N3O4/c1-8(2)17(7-13(16)20)14(21)10(15)5-9-3-4-11(18)12(19)6-9/h3-4,6,8,10,18-19H,5,7,15H2,1-2H3,(H2,16,20)/t10-/m0/s1. The van der Waals surface area contributed by atoms with E-state index < -0.39 is 17.9 Å². The summed E-state index contributed by atoms with van der Waals surface area (Å²) >= 11 is 0. The van der Waals surface area contributed by atoms with Gasteiger partial charge in [-0.05, 0) is 38.0 Å². The zero-order valence-electron chi connectivity index (χ0n) is 12.1. The van der Waals surface area contributed by atoms with Crippen molar-refractivity contribution < 1.29 is 19.8 Å². The number of phenols is 2. The molecule has 0 aliphatic carbocycles. The summed E-state index contributed by atoms with van der Waals surface area (Å²) in [5, 5.41) is 18.7. The molecule has 0 bridgehead atoms. The van der Waals surface area contributed by atoms with Gasteiger partial charge in [-0.2, -0.15) is 0 Å². The first-order valence-electron chi connectivity index (χ1n) is 6.57. The van der Waals surface area contributed by atoms with Crippen LogP contribution in [0.15, 0.2) is 18.2 Å². The van der Waals surface area contributed by atoms with E-state index in [4.69, 9.17) is 11.5 Å². The van der Waals surface area contributed by atoms with E-state index in [9.17, 15) is 19.8 Å². The van der Waals surface area contributed by atoms with Gasteiger partial charge in [-0.25, -0.2) is 0 Å². The molecule has 7 heteroatoms. The monoisotopic (exact) mass is 295 g/mol. The Morgan fingerprint density at radius 1 is 1.24 bits per heavy atom. The predicted octanol–water partition coefficient (Wildman–Crippen LogP) is -0.310. The number of carbonyl (C=O) groups is 2. The Hall–Kier alpha value is -2.28. The lowest BCUT2D eigenvalue weighted by atomic mass is 10.0. The van der Waals surface area contributed by atoms with Gasteiger partial charge in [-0.1, -0.05) is 6.07 Å². The van der Waals surface area contributed by atoms with Crippen molar-refractivity contribution in [3.63, 3.8) is 0 Å². The quantitative estimate of drug-likeness (QED) is 0.535. The predicted molar refractivity (Wildman–Crippen MR) is 77.5 cm³/mol. The van der Waals surface area contributed by atoms with Gasteiger partial charge >= 0.3 is 0 Å². The molecule has 1 aromatic carbocycles. The summed E-state index contributed by atoms with van der Waals surface area (Å²) < 4.78 is 0. The van der Waals surface area contributed by atoms with Crippen molar-refractivity contribution >= 4 is 11.8 Å². The molecule has 7 nitrogen and oxygen atoms in total. The van der Waals surface area contributed by atoms with Crippen molar-refractivity contribution in [2.24, 2.45) is 11.5 Å². The third kappa shape index (κ3) is 4.64. The van der Waals surface area contributed by atoms with Crippen LogP contribution in [-0.4, -0.2) is 45.6 Å². The van der Waals surface area contributed by atoms with Crippen molar-refractivity contribution in [3.05, 3.63) is 23.8 Å². The summed E-state index contributed by atoms with van der Waals surface area (Å²) in [6.45, 7) is 3.34. The maximum Gasteiger partial charge on any atom is 0.240 e. The van der Waals surface area contributed by atoms with E-state index in [1.54, 1.807) is 19.9 Å². The van der Waals surface area contributed by atoms with E-state index in [1.807, 2.05) is 0 Å². The fourth-order valence-corrected chi connectivity index (χ4v) is 1.93. The van der Waals surface area contributed by atoms with Gasteiger partial charge in [0.05, 0.1) is 12.6 Å². The number of hydrogen-bond acceptors (Lipinski definition) is 5. The van der Waals surface area contributed by atoms with Crippen LogP contribution in [0, 0.1) is 0 Å². The van der Waals surface area contributed by atoms with Crippen molar-refractivity contribution in [3.8, 4) is 11.5 Å². The number of benzene rings is 1. The molecule has 0 radical (unpaired) electrons. The number of carbonyl (C=O) groups excluding carboxylic acids is 2. The van der Waals surface area contributed by atoms with Crippen LogP contribution in [0.4, 0.5) is 0 Å². The minimum Gasteiger partial charge on any atom is -0.504 e. The molecule has 0 aromatic heterocycles. The lowest BCUT2D eigenvalue weighted by molar-refractivity contribution is -0.138. The minimum absolute atomic E-state index is 0.175. The van der Waals surface area contributed by atoms with E-state index in [0.717, 1.165) is 0 Å². The Bertz CT molecular complexity index is 531. The molecule has 0 spiro atoms. The Morgan fingerprint density at radius 2 is 1.86 bits per heavy atom. The van der Waals surface area contributed by atoms with Gasteiger partial charge in [0, 0.05) is 6.04 Å². The first-order chi connectivity index (χ1) is 9.72. The maximum atomic E-state index is 12.3. The van der Waals surface area contributed by atoms with Gasteiger partial charge in [0.15, 0.2) is 11.5 Å². The molecular weight excluding hydrogens is 274 g/mol. The fraction of sp³-hybridized carbons (Fsp3) is 0.429. The highest BCUT2D eigenvalue weighted by Crippen LogP contribution is 2.25. The number of rotatable bonds is 6. The summed E-state index contributed by atoms with van der Waals surface area (Å²) in [4.78, 5) is 24.6. The molecule has 21 heavy (non-hydrogen) atoms. The number of aromatic hydroxyl groups is 2. The van der Waals surface area contributed by atoms with Crippen LogP contribution in [0.1, 0.15) is 19.4 Å². The summed E-state index contributed by atoms with van der Waals surface area (Å²) in [7, 11) is 0. The highest BCUT2D eigenvalue weighted by molar-refractivity contribution is 5.87. The van der Waals surface area contributed by atoms with Crippen LogP contribution in [0.25, 0.3) is 0 Å². The van der Waals surface area contributed by atoms with E-state index >= 15 is 0 Å². The van der Waals surface area contributed by atoms with E-state index in [1.165, 1.54) is 17.0 Å². The Morgan fingerprint density at radius 3 is 2.33 bits per heavy atom. The van der Waals surface area contributed by atoms with E-state index in [2.05, 4.69) is 0 Å². The molecule has 0 aliphatic rings. The van der Waals surface area contributed by atoms with Crippen LogP contribution in [0.3, 0.4) is 0 Å². The zero-order valence-corrected chi connectivity index (χ0v) is 12.1. The lowest BCUT2D eigenvalue weighted by Gasteiger charge is -2.28. The third-order valence-electron chi connectivity index (χ3n) is 3.05. The smallest absolute Gasteiger partial charge is 0.240 e. The second-order valence-electron chi connectivity index (χ2n) is 5.16. The highest BCUT2D eigenvalue weighted by atomic mass is 16.3. The van der Waals surface area contributed by atoms with Crippen molar-refractivity contribution in [1.82, 2.24) is 4.90 Å². The van der Waals surface area contributed by atoms with Gasteiger partial charge in [0.25, 0.3) is 0 Å². The first-order valence-corrected chi connectivity index (χ1v) is 6.57. The van der Waals surface area contributed by atoms with Gasteiger partial charge < -0.3 is 26.6 Å². The third-order valence-corrected chi connectivity index (χ3v) is 3.05. The molecule has 0 unspecified atom stereocenters. The van der Waals surface area contributed by atoms with Crippen LogP contribution in [0.5, 0.6) is 11.5 Å². The largest absolute Gasteiger partial charge is 0.504 e. The molecule has 116 valence electrons. The van der Waals surface area contributed by atoms with E-state index in [0.29, 0.717) is 5.56 Å². The fourth-order valence-electron chi connectivity index (χ4n) is 1.93. The molecule has 0 saturated carbocycles. The number of nitrogens with zero attached hydrogens (tertiary/aromatic N) is 1. The van der Waals surface area contributed by atoms with Gasteiger partial charge in [-0.15, -0.1) is 0 Å². The highest BCUT2D eigenvalue weighted by Gasteiger charge is 2.24. The molecular formula is C14H21N3O4. The topological polar surface area (TPSA) is 130 Å². The molecule has 1 atom stereocenters. The maximum absolute atomic E-state index is 12.3. The molecule has 0 heterocycles. The summed E-state index contributed by atoms with van der Waals surface area (Å²) in [5.74, 6) is -1.51. The molecule has 0 aliphatic heterocycles. The number of nitrogens with two attached hydrogens (primary N) is 2. The molecule has 6 N–H and O–H groups in total. The van der Waals surface area contributed by atoms with Crippen molar-refractivity contribution in [2.75, 3.05) is 6.54 Å². The van der Waals surface area contributed by atoms with E-state index in [-0.39, 0.29) is 30.5 Å². The van der Waals surface area contributed by atoms with Crippen LogP contribution < -0.4 is 11.5 Å². The summed E-state index contributed by atoms with van der Waals surface area (Å²) in [6.07, 6.45) is 0.175. The number of primary amides is 1. The number of hydrogen-bond donors (Lipinski definition) is 4. The minimum atomic E-state index is -0.865. The first kappa shape index (κ1) is 16.8. The SMILES string of the molecule is CC(C)N(CC(N)=O)C(=O)[C@@H](N)Cc1ccc(O)c(O)c1. The Kier molecular flexibility index (Phi) is 5.54. The Balaban J connectivity index is 2.80. The normalized spacial score (nSPS) is 12.2. The molecule has 1 aromatic rings. The summed E-state index contributed by atoms with van der Waals surface area (Å²) in [6, 6.07) is 3.16. The van der Waals surface area contributed by atoms with Gasteiger partial charge in [-0.3, -0.25) is 9.59 Å². The average molecular weight is 295 g/mol. The van der Waals surface area contributed by atoms with Crippen molar-refractivity contribution in [2.45, 2.75) is 32.4 Å². The molecule has 0 fully saturated rings. The molecule has 1 rings (SSSR count). The zero-order chi connectivity index (χ0) is 16.2. The van der Waals surface area contributed by atoms with Crippen molar-refractivity contribution in [1.29, 1.82) is 0 Å². The van der Waals surface area contributed by atoms with Gasteiger partial charge in [0.1, 0.15) is 0 Å². The lowest BCUT2D eigenvalue weighted by Crippen LogP contribution is -2.50. The molecule has 0 saturated heterocycles. The second-order valence-corrected chi connectivity index (χ2v) is 5.16. The number of phenolic OH excluding ortho intramolecular Hbond substituents is 2. The average Bonchev–Trinajstić information content (AvgIpc) is 2.39. The molecule has 2 amide bonds.